The number of rotatable bonds is 4. The maximum atomic E-state index is 11.4. The fraction of sp³-hybridized carbons (Fsp3) is 0.611. The van der Waals surface area contributed by atoms with Crippen LogP contribution in [-0.4, -0.2) is 67.1 Å². The summed E-state index contributed by atoms with van der Waals surface area (Å²) in [6.07, 6.45) is 3.41. The second-order valence-electron chi connectivity index (χ2n) is 7.16. The molecule has 1 aromatic carbocycles. The number of hydrogen-bond donors (Lipinski definition) is 0. The summed E-state index contributed by atoms with van der Waals surface area (Å²) < 4.78 is 0. The van der Waals surface area contributed by atoms with Crippen LogP contribution in [0, 0.1) is 21.4 Å². The molecule has 0 radical (unpaired) electrons. The third-order valence-corrected chi connectivity index (χ3v) is 5.63. The topological polar surface area (TPSA) is 76.6 Å². The minimum absolute atomic E-state index is 0.0132. The lowest BCUT2D eigenvalue weighted by atomic mass is 10.0. The molecule has 3 rings (SSSR count). The molecule has 0 aromatic heterocycles. The maximum absolute atomic E-state index is 11.4. The van der Waals surface area contributed by atoms with E-state index in [2.05, 4.69) is 16.8 Å². The third kappa shape index (κ3) is 3.75. The molecular weight excluding hydrogens is 318 g/mol. The Morgan fingerprint density at radius 1 is 1.28 bits per heavy atom. The summed E-state index contributed by atoms with van der Waals surface area (Å²) in [5.74, 6) is 0. The van der Waals surface area contributed by atoms with Gasteiger partial charge in [-0.3, -0.25) is 15.0 Å². The molecule has 25 heavy (non-hydrogen) atoms. The Morgan fingerprint density at radius 3 is 2.64 bits per heavy atom. The van der Waals surface area contributed by atoms with Gasteiger partial charge in [0.05, 0.1) is 16.6 Å². The third-order valence-electron chi connectivity index (χ3n) is 5.63. The predicted octanol–water partition coefficient (Wildman–Crippen LogP) is 2.07. The van der Waals surface area contributed by atoms with E-state index in [1.807, 2.05) is 18.0 Å². The van der Waals surface area contributed by atoms with Crippen LogP contribution >= 0.6 is 0 Å². The van der Waals surface area contributed by atoms with Crippen LogP contribution in [0.4, 0.5) is 11.4 Å². The van der Waals surface area contributed by atoms with Crippen LogP contribution in [0.25, 0.3) is 0 Å². The number of nitrogens with zero attached hydrogens (tertiary/aromatic N) is 5. The molecule has 1 aromatic rings. The highest BCUT2D eigenvalue weighted by molar-refractivity contribution is 5.65. The first-order valence-corrected chi connectivity index (χ1v) is 8.83. The van der Waals surface area contributed by atoms with Gasteiger partial charge in [0.1, 0.15) is 5.69 Å². The largest absolute Gasteiger partial charge is 0.365 e. The van der Waals surface area contributed by atoms with Gasteiger partial charge in [-0.2, -0.15) is 5.26 Å². The fourth-order valence-corrected chi connectivity index (χ4v) is 4.01. The quantitative estimate of drug-likeness (QED) is 0.615. The summed E-state index contributed by atoms with van der Waals surface area (Å²) in [4.78, 5) is 18.0. The highest BCUT2D eigenvalue weighted by Crippen LogP contribution is 2.32. The average Bonchev–Trinajstić information content (AvgIpc) is 3.11. The lowest BCUT2D eigenvalue weighted by Gasteiger charge is -2.35. The normalized spacial score (nSPS) is 22.7. The van der Waals surface area contributed by atoms with Crippen molar-refractivity contribution in [3.63, 3.8) is 0 Å². The van der Waals surface area contributed by atoms with E-state index in [1.54, 1.807) is 12.1 Å². The summed E-state index contributed by atoms with van der Waals surface area (Å²) in [6, 6.07) is 7.61. The van der Waals surface area contributed by atoms with Crippen molar-refractivity contribution in [3.05, 3.63) is 33.9 Å². The van der Waals surface area contributed by atoms with Crippen molar-refractivity contribution in [3.8, 4) is 6.07 Å². The number of benzene rings is 1. The lowest BCUT2D eigenvalue weighted by Crippen LogP contribution is -2.44. The van der Waals surface area contributed by atoms with E-state index in [9.17, 15) is 10.1 Å². The molecular formula is C18H25N5O2. The molecule has 1 atom stereocenters. The highest BCUT2D eigenvalue weighted by atomic mass is 16.6. The van der Waals surface area contributed by atoms with E-state index < -0.39 is 4.92 Å². The molecule has 2 aliphatic rings. The summed E-state index contributed by atoms with van der Waals surface area (Å²) in [5, 5.41) is 20.4. The number of anilines is 1. The fourth-order valence-electron chi connectivity index (χ4n) is 4.01. The van der Waals surface area contributed by atoms with Gasteiger partial charge in [0.25, 0.3) is 5.69 Å². The SMILES string of the molecule is CN1CCC(N2CC[C@@H](N(C)c3ccc(C#N)cc3[N+](=O)[O-])C2)CC1. The molecule has 2 heterocycles. The standard InChI is InChI=1S/C18H25N5O2/c1-20-8-5-15(6-9-20)22-10-7-16(13-22)21(2)17-4-3-14(12-19)11-18(17)23(24)25/h3-4,11,15-16H,5-10,13H2,1-2H3/t16-/m1/s1. The molecule has 7 heteroatoms. The Labute approximate surface area is 148 Å². The molecule has 7 nitrogen and oxygen atoms in total. The van der Waals surface area contributed by atoms with Crippen molar-refractivity contribution >= 4 is 11.4 Å². The van der Waals surface area contributed by atoms with E-state index in [0.29, 0.717) is 17.3 Å². The van der Waals surface area contributed by atoms with E-state index in [4.69, 9.17) is 5.26 Å². The first-order valence-electron chi connectivity index (χ1n) is 8.83. The average molecular weight is 343 g/mol. The minimum Gasteiger partial charge on any atom is -0.365 e. The molecule has 2 saturated heterocycles. The van der Waals surface area contributed by atoms with Gasteiger partial charge < -0.3 is 9.80 Å². The number of likely N-dealkylation sites (N-methyl/N-ethyl adjacent to an activating group) is 1. The van der Waals surface area contributed by atoms with E-state index in [1.165, 1.54) is 18.9 Å². The number of nitro groups is 1. The molecule has 2 aliphatic heterocycles. The smallest absolute Gasteiger partial charge is 0.293 e. The summed E-state index contributed by atoms with van der Waals surface area (Å²) in [7, 11) is 4.10. The van der Waals surface area contributed by atoms with Gasteiger partial charge in [-0.15, -0.1) is 0 Å². The van der Waals surface area contributed by atoms with Gasteiger partial charge in [0, 0.05) is 38.3 Å². The van der Waals surface area contributed by atoms with Crippen LogP contribution in [0.3, 0.4) is 0 Å². The number of hydrogen-bond acceptors (Lipinski definition) is 6. The Hall–Kier alpha value is -2.17. The van der Waals surface area contributed by atoms with Crippen LogP contribution in [0.2, 0.25) is 0 Å². The summed E-state index contributed by atoms with van der Waals surface area (Å²) >= 11 is 0. The Balaban J connectivity index is 1.71. The zero-order valence-electron chi connectivity index (χ0n) is 14.9. The van der Waals surface area contributed by atoms with Crippen molar-refractivity contribution in [2.45, 2.75) is 31.3 Å². The van der Waals surface area contributed by atoms with E-state index in [-0.39, 0.29) is 11.7 Å². The summed E-state index contributed by atoms with van der Waals surface area (Å²) in [6.45, 7) is 4.28. The number of likely N-dealkylation sites (tertiary alicyclic amines) is 2. The van der Waals surface area contributed by atoms with Crippen LogP contribution in [0.1, 0.15) is 24.8 Å². The van der Waals surface area contributed by atoms with Crippen LogP contribution in [0.15, 0.2) is 18.2 Å². The number of piperidine rings is 1. The van der Waals surface area contributed by atoms with Crippen molar-refractivity contribution in [2.75, 3.05) is 45.2 Å². The van der Waals surface area contributed by atoms with Gasteiger partial charge in [-0.05, 0) is 51.5 Å². The molecule has 0 aliphatic carbocycles. The minimum atomic E-state index is -0.392. The van der Waals surface area contributed by atoms with Crippen LogP contribution in [0.5, 0.6) is 0 Å². The Kier molecular flexibility index (Phi) is 5.21. The second-order valence-corrected chi connectivity index (χ2v) is 7.16. The molecule has 0 unspecified atom stereocenters. The molecule has 0 bridgehead atoms. The van der Waals surface area contributed by atoms with Crippen molar-refractivity contribution in [1.82, 2.24) is 9.80 Å². The monoisotopic (exact) mass is 343 g/mol. The Bertz CT molecular complexity index is 679. The number of nitriles is 1. The van der Waals surface area contributed by atoms with Crippen molar-refractivity contribution in [1.29, 1.82) is 5.26 Å². The van der Waals surface area contributed by atoms with Gasteiger partial charge in [0.2, 0.25) is 0 Å². The lowest BCUT2D eigenvalue weighted by molar-refractivity contribution is -0.384. The van der Waals surface area contributed by atoms with E-state index in [0.717, 1.165) is 32.6 Å². The van der Waals surface area contributed by atoms with Crippen LogP contribution < -0.4 is 4.90 Å². The van der Waals surface area contributed by atoms with Gasteiger partial charge in [0.15, 0.2) is 0 Å². The van der Waals surface area contributed by atoms with Crippen molar-refractivity contribution in [2.24, 2.45) is 0 Å². The molecule has 134 valence electrons. The van der Waals surface area contributed by atoms with Gasteiger partial charge in [-0.1, -0.05) is 0 Å². The van der Waals surface area contributed by atoms with Crippen molar-refractivity contribution < 1.29 is 4.92 Å². The van der Waals surface area contributed by atoms with Gasteiger partial charge >= 0.3 is 0 Å². The maximum Gasteiger partial charge on any atom is 0.293 e. The highest BCUT2D eigenvalue weighted by Gasteiger charge is 2.33. The second kappa shape index (κ2) is 7.38. The van der Waals surface area contributed by atoms with Gasteiger partial charge in [-0.25, -0.2) is 0 Å². The molecule has 2 fully saturated rings. The molecule has 0 saturated carbocycles. The predicted molar refractivity (Wildman–Crippen MR) is 96.7 cm³/mol. The first kappa shape index (κ1) is 17.6. The zero-order chi connectivity index (χ0) is 18.0. The zero-order valence-corrected chi connectivity index (χ0v) is 14.9. The molecule has 0 N–H and O–H groups in total. The number of nitro benzene ring substituents is 1. The molecule has 0 amide bonds. The first-order chi connectivity index (χ1) is 12.0. The molecule has 0 spiro atoms. The summed E-state index contributed by atoms with van der Waals surface area (Å²) in [5.41, 5.74) is 0.932. The Morgan fingerprint density at radius 2 is 2.00 bits per heavy atom. The van der Waals surface area contributed by atoms with E-state index >= 15 is 0 Å². The van der Waals surface area contributed by atoms with Crippen LogP contribution in [-0.2, 0) is 0 Å².